The van der Waals surface area contributed by atoms with Crippen molar-refractivity contribution in [3.05, 3.63) is 18.0 Å². The molecule has 0 radical (unpaired) electrons. The van der Waals surface area contributed by atoms with Crippen LogP contribution in [0.2, 0.25) is 0 Å². The lowest BCUT2D eigenvalue weighted by Gasteiger charge is -2.04. The smallest absolute Gasteiger partial charge is 0.0524 e. The fourth-order valence-corrected chi connectivity index (χ4v) is 1.97. The Morgan fingerprint density at radius 3 is 2.92 bits per heavy atom. The van der Waals surface area contributed by atoms with Crippen molar-refractivity contribution in [2.24, 2.45) is 12.8 Å². The SMILES string of the molecule is Cn1cc(C2CCC(N)C2)cn1. The first-order valence-corrected chi connectivity index (χ1v) is 4.50. The number of rotatable bonds is 1. The maximum Gasteiger partial charge on any atom is 0.0524 e. The lowest BCUT2D eigenvalue weighted by Crippen LogP contribution is -2.14. The molecular weight excluding hydrogens is 150 g/mol. The third-order valence-electron chi connectivity index (χ3n) is 2.67. The minimum atomic E-state index is 0.412. The van der Waals surface area contributed by atoms with E-state index in [0.717, 1.165) is 6.42 Å². The highest BCUT2D eigenvalue weighted by atomic mass is 15.2. The molecule has 3 heteroatoms. The van der Waals surface area contributed by atoms with Crippen LogP contribution in [0, 0.1) is 0 Å². The van der Waals surface area contributed by atoms with Crippen LogP contribution in [0.3, 0.4) is 0 Å². The molecule has 1 aromatic heterocycles. The van der Waals surface area contributed by atoms with Crippen molar-refractivity contribution >= 4 is 0 Å². The van der Waals surface area contributed by atoms with Crippen LogP contribution >= 0.6 is 0 Å². The van der Waals surface area contributed by atoms with Gasteiger partial charge in [0.1, 0.15) is 0 Å². The molecule has 2 unspecified atom stereocenters. The fourth-order valence-electron chi connectivity index (χ4n) is 1.97. The van der Waals surface area contributed by atoms with Crippen LogP contribution in [0.4, 0.5) is 0 Å². The molecule has 2 N–H and O–H groups in total. The molecule has 0 bridgehead atoms. The van der Waals surface area contributed by atoms with E-state index in [4.69, 9.17) is 5.73 Å². The van der Waals surface area contributed by atoms with Gasteiger partial charge in [-0.2, -0.15) is 5.10 Å². The molecule has 1 saturated carbocycles. The summed E-state index contributed by atoms with van der Waals surface area (Å²) >= 11 is 0. The summed E-state index contributed by atoms with van der Waals surface area (Å²) in [5.74, 6) is 0.661. The van der Waals surface area contributed by atoms with Crippen molar-refractivity contribution in [2.45, 2.75) is 31.2 Å². The van der Waals surface area contributed by atoms with Gasteiger partial charge in [0, 0.05) is 19.3 Å². The Hall–Kier alpha value is -0.830. The Kier molecular flexibility index (Phi) is 1.89. The van der Waals surface area contributed by atoms with Gasteiger partial charge in [0.15, 0.2) is 0 Å². The zero-order valence-electron chi connectivity index (χ0n) is 7.40. The van der Waals surface area contributed by atoms with Crippen LogP contribution < -0.4 is 5.73 Å². The summed E-state index contributed by atoms with van der Waals surface area (Å²) in [7, 11) is 1.96. The van der Waals surface area contributed by atoms with Crippen LogP contribution in [0.5, 0.6) is 0 Å². The van der Waals surface area contributed by atoms with Crippen molar-refractivity contribution in [1.82, 2.24) is 9.78 Å². The van der Waals surface area contributed by atoms with E-state index in [9.17, 15) is 0 Å². The van der Waals surface area contributed by atoms with Gasteiger partial charge in [0.05, 0.1) is 6.20 Å². The third kappa shape index (κ3) is 1.37. The minimum absolute atomic E-state index is 0.412. The highest BCUT2D eigenvalue weighted by Crippen LogP contribution is 2.32. The number of nitrogens with two attached hydrogens (primary N) is 1. The Morgan fingerprint density at radius 2 is 2.42 bits per heavy atom. The summed E-state index contributed by atoms with van der Waals surface area (Å²) in [5, 5.41) is 4.16. The zero-order valence-corrected chi connectivity index (χ0v) is 7.40. The van der Waals surface area contributed by atoms with Gasteiger partial charge >= 0.3 is 0 Å². The molecule has 0 amide bonds. The molecule has 1 aliphatic rings. The Balaban J connectivity index is 2.11. The second kappa shape index (κ2) is 2.90. The van der Waals surface area contributed by atoms with Gasteiger partial charge < -0.3 is 5.73 Å². The highest BCUT2D eigenvalue weighted by molar-refractivity contribution is 5.13. The number of hydrogen-bond acceptors (Lipinski definition) is 2. The van der Waals surface area contributed by atoms with Crippen molar-refractivity contribution in [3.8, 4) is 0 Å². The zero-order chi connectivity index (χ0) is 8.55. The van der Waals surface area contributed by atoms with Gasteiger partial charge in [-0.25, -0.2) is 0 Å². The number of aryl methyl sites for hydroxylation is 1. The molecule has 0 aliphatic heterocycles. The lowest BCUT2D eigenvalue weighted by molar-refractivity contribution is 0.673. The first-order chi connectivity index (χ1) is 5.75. The molecule has 2 rings (SSSR count). The average molecular weight is 165 g/mol. The molecule has 3 nitrogen and oxygen atoms in total. The monoisotopic (exact) mass is 165 g/mol. The molecule has 1 heterocycles. The molecule has 1 aliphatic carbocycles. The maximum atomic E-state index is 5.84. The molecule has 12 heavy (non-hydrogen) atoms. The normalized spacial score (nSPS) is 29.5. The van der Waals surface area contributed by atoms with E-state index in [1.165, 1.54) is 18.4 Å². The van der Waals surface area contributed by atoms with Gasteiger partial charge in [0.25, 0.3) is 0 Å². The predicted molar refractivity (Wildman–Crippen MR) is 47.8 cm³/mol. The van der Waals surface area contributed by atoms with Crippen molar-refractivity contribution in [1.29, 1.82) is 0 Å². The number of aromatic nitrogens is 2. The summed E-state index contributed by atoms with van der Waals surface area (Å²) in [6.45, 7) is 0. The Morgan fingerprint density at radius 1 is 1.58 bits per heavy atom. The van der Waals surface area contributed by atoms with E-state index in [-0.39, 0.29) is 0 Å². The van der Waals surface area contributed by atoms with Crippen LogP contribution in [0.1, 0.15) is 30.7 Å². The third-order valence-corrected chi connectivity index (χ3v) is 2.67. The largest absolute Gasteiger partial charge is 0.328 e. The Labute approximate surface area is 72.6 Å². The predicted octanol–water partition coefficient (Wildman–Crippen LogP) is 1.01. The molecule has 1 fully saturated rings. The van der Waals surface area contributed by atoms with Gasteiger partial charge in [-0.15, -0.1) is 0 Å². The summed E-state index contributed by atoms with van der Waals surface area (Å²) in [5.41, 5.74) is 7.19. The minimum Gasteiger partial charge on any atom is -0.328 e. The second-order valence-electron chi connectivity index (χ2n) is 3.72. The fraction of sp³-hybridized carbons (Fsp3) is 0.667. The van der Waals surface area contributed by atoms with E-state index in [0.29, 0.717) is 12.0 Å². The molecule has 0 saturated heterocycles. The van der Waals surface area contributed by atoms with E-state index in [1.807, 2.05) is 17.9 Å². The highest BCUT2D eigenvalue weighted by Gasteiger charge is 2.23. The second-order valence-corrected chi connectivity index (χ2v) is 3.72. The molecule has 0 spiro atoms. The van der Waals surface area contributed by atoms with Crippen molar-refractivity contribution < 1.29 is 0 Å². The first-order valence-electron chi connectivity index (χ1n) is 4.50. The van der Waals surface area contributed by atoms with Gasteiger partial charge in [-0.1, -0.05) is 0 Å². The van der Waals surface area contributed by atoms with Gasteiger partial charge in [0.2, 0.25) is 0 Å². The number of nitrogens with zero attached hydrogens (tertiary/aromatic N) is 2. The summed E-state index contributed by atoms with van der Waals surface area (Å²) in [6, 6.07) is 0.412. The summed E-state index contributed by atoms with van der Waals surface area (Å²) in [6.07, 6.45) is 7.59. The van der Waals surface area contributed by atoms with Crippen LogP contribution in [-0.2, 0) is 7.05 Å². The van der Waals surface area contributed by atoms with Crippen LogP contribution in [-0.4, -0.2) is 15.8 Å². The molecule has 0 aromatic carbocycles. The van der Waals surface area contributed by atoms with Crippen molar-refractivity contribution in [3.63, 3.8) is 0 Å². The standard InChI is InChI=1S/C9H15N3/c1-12-6-8(5-11-12)7-2-3-9(10)4-7/h5-7,9H,2-4,10H2,1H3. The molecule has 1 aromatic rings. The summed E-state index contributed by atoms with van der Waals surface area (Å²) < 4.78 is 1.86. The molecule has 2 atom stereocenters. The Bertz CT molecular complexity index is 266. The van der Waals surface area contributed by atoms with Crippen molar-refractivity contribution in [2.75, 3.05) is 0 Å². The lowest BCUT2D eigenvalue weighted by atomic mass is 10.0. The average Bonchev–Trinajstić information content (AvgIpc) is 2.58. The van der Waals surface area contributed by atoms with Crippen LogP contribution in [0.25, 0.3) is 0 Å². The van der Waals surface area contributed by atoms with E-state index >= 15 is 0 Å². The topological polar surface area (TPSA) is 43.8 Å². The number of hydrogen-bond donors (Lipinski definition) is 1. The van der Waals surface area contributed by atoms with E-state index < -0.39 is 0 Å². The van der Waals surface area contributed by atoms with E-state index in [1.54, 1.807) is 0 Å². The van der Waals surface area contributed by atoms with Gasteiger partial charge in [-0.05, 0) is 30.7 Å². The first kappa shape index (κ1) is 7.80. The van der Waals surface area contributed by atoms with Gasteiger partial charge in [-0.3, -0.25) is 4.68 Å². The maximum absolute atomic E-state index is 5.84. The van der Waals surface area contributed by atoms with Crippen LogP contribution in [0.15, 0.2) is 12.4 Å². The molecular formula is C9H15N3. The van der Waals surface area contributed by atoms with E-state index in [2.05, 4.69) is 11.3 Å². The quantitative estimate of drug-likeness (QED) is 0.675. The summed E-state index contributed by atoms with van der Waals surface area (Å²) in [4.78, 5) is 0. The molecule has 66 valence electrons.